The second-order valence-corrected chi connectivity index (χ2v) is 8.70. The average Bonchev–Trinajstić information content (AvgIpc) is 3.22. The van der Waals surface area contributed by atoms with E-state index < -0.39 is 0 Å². The Bertz CT molecular complexity index is 1510. The number of hydrogen-bond donors (Lipinski definition) is 1. The molecule has 0 bridgehead atoms. The fourth-order valence-corrected chi connectivity index (χ4v) is 4.66. The molecule has 0 saturated carbocycles. The summed E-state index contributed by atoms with van der Waals surface area (Å²) < 4.78 is 7.68. The molecule has 1 N–H and O–H groups in total. The number of anilines is 1. The SMILES string of the molecule is CCCn1c2ccccc2c2cc(NC(=O)c3ccc(CCl)cc3)nc(-c3ccc(OC)cc3)c21. The van der Waals surface area contributed by atoms with E-state index >= 15 is 0 Å². The smallest absolute Gasteiger partial charge is 0.256 e. The maximum absolute atomic E-state index is 13.0. The lowest BCUT2D eigenvalue weighted by atomic mass is 10.1. The number of para-hydroxylation sites is 1. The van der Waals surface area contributed by atoms with Gasteiger partial charge in [0, 0.05) is 39.8 Å². The molecule has 2 heterocycles. The van der Waals surface area contributed by atoms with Crippen molar-refractivity contribution in [2.24, 2.45) is 0 Å². The summed E-state index contributed by atoms with van der Waals surface area (Å²) in [5, 5.41) is 5.20. The van der Waals surface area contributed by atoms with Crippen molar-refractivity contribution in [2.75, 3.05) is 12.4 Å². The standard InChI is InChI=1S/C29H26ClN3O2/c1-3-16-33-25-7-5-4-6-23(25)24-17-26(32-29(34)21-10-8-19(18-30)9-11-21)31-27(28(24)33)20-12-14-22(35-2)15-13-20/h4-15,17H,3,16,18H2,1-2H3,(H,31,32,34). The third-order valence-corrected chi connectivity index (χ3v) is 6.48. The molecular weight excluding hydrogens is 458 g/mol. The van der Waals surface area contributed by atoms with E-state index in [-0.39, 0.29) is 5.91 Å². The van der Waals surface area contributed by atoms with Crippen LogP contribution in [0.25, 0.3) is 33.1 Å². The minimum atomic E-state index is -0.212. The van der Waals surface area contributed by atoms with Crippen molar-refractivity contribution in [1.29, 1.82) is 0 Å². The number of rotatable bonds is 7. The first kappa shape index (κ1) is 22.9. The molecule has 0 radical (unpaired) electrons. The van der Waals surface area contributed by atoms with Crippen LogP contribution in [-0.4, -0.2) is 22.6 Å². The van der Waals surface area contributed by atoms with Crippen LogP contribution in [0.3, 0.4) is 0 Å². The molecule has 0 spiro atoms. The summed E-state index contributed by atoms with van der Waals surface area (Å²) in [6.45, 7) is 3.04. The molecule has 0 unspecified atom stereocenters. The van der Waals surface area contributed by atoms with Gasteiger partial charge in [-0.25, -0.2) is 4.98 Å². The monoisotopic (exact) mass is 483 g/mol. The van der Waals surface area contributed by atoms with Crippen molar-refractivity contribution in [3.8, 4) is 17.0 Å². The van der Waals surface area contributed by atoms with Crippen LogP contribution < -0.4 is 10.1 Å². The second kappa shape index (κ2) is 9.80. The molecule has 176 valence electrons. The van der Waals surface area contributed by atoms with Crippen LogP contribution in [0.2, 0.25) is 0 Å². The lowest BCUT2D eigenvalue weighted by Crippen LogP contribution is -2.13. The van der Waals surface area contributed by atoms with Gasteiger partial charge >= 0.3 is 0 Å². The minimum Gasteiger partial charge on any atom is -0.497 e. The summed E-state index contributed by atoms with van der Waals surface area (Å²) in [4.78, 5) is 18.0. The molecule has 2 aromatic heterocycles. The molecule has 0 aliphatic rings. The maximum atomic E-state index is 13.0. The fourth-order valence-electron chi connectivity index (χ4n) is 4.48. The van der Waals surface area contributed by atoms with Crippen molar-refractivity contribution >= 4 is 45.1 Å². The molecule has 5 nitrogen and oxygen atoms in total. The molecule has 0 saturated heterocycles. The molecule has 0 atom stereocenters. The number of nitrogens with zero attached hydrogens (tertiary/aromatic N) is 2. The Morgan fingerprint density at radius 2 is 1.74 bits per heavy atom. The first-order chi connectivity index (χ1) is 17.1. The number of nitrogens with one attached hydrogen (secondary N) is 1. The second-order valence-electron chi connectivity index (χ2n) is 8.43. The molecule has 0 aliphatic carbocycles. The topological polar surface area (TPSA) is 56.2 Å². The van der Waals surface area contributed by atoms with Gasteiger partial charge in [-0.3, -0.25) is 4.79 Å². The number of ether oxygens (including phenoxy) is 1. The van der Waals surface area contributed by atoms with Crippen LogP contribution in [0.1, 0.15) is 29.3 Å². The third-order valence-electron chi connectivity index (χ3n) is 6.17. The van der Waals surface area contributed by atoms with E-state index in [9.17, 15) is 4.79 Å². The van der Waals surface area contributed by atoms with E-state index in [1.807, 2.05) is 48.5 Å². The number of alkyl halides is 1. The van der Waals surface area contributed by atoms with Crippen LogP contribution in [0.4, 0.5) is 5.82 Å². The Balaban J connectivity index is 1.69. The molecule has 5 rings (SSSR count). The van der Waals surface area contributed by atoms with E-state index in [4.69, 9.17) is 21.3 Å². The molecule has 5 aromatic rings. The molecule has 0 aliphatic heterocycles. The summed E-state index contributed by atoms with van der Waals surface area (Å²) in [7, 11) is 1.65. The quantitative estimate of drug-likeness (QED) is 0.248. The highest BCUT2D eigenvalue weighted by Crippen LogP contribution is 2.37. The summed E-state index contributed by atoms with van der Waals surface area (Å²) in [5.41, 5.74) is 5.51. The van der Waals surface area contributed by atoms with Crippen LogP contribution >= 0.6 is 11.6 Å². The zero-order valence-corrected chi connectivity index (χ0v) is 20.5. The molecule has 35 heavy (non-hydrogen) atoms. The van der Waals surface area contributed by atoms with Crippen molar-refractivity contribution in [3.63, 3.8) is 0 Å². The molecule has 1 amide bonds. The summed E-state index contributed by atoms with van der Waals surface area (Å²) in [6.07, 6.45) is 0.993. The lowest BCUT2D eigenvalue weighted by molar-refractivity contribution is 0.102. The van der Waals surface area contributed by atoms with Crippen molar-refractivity contribution in [3.05, 3.63) is 90.0 Å². The lowest BCUT2D eigenvalue weighted by Gasteiger charge is -2.13. The zero-order chi connectivity index (χ0) is 24.4. The van der Waals surface area contributed by atoms with Gasteiger partial charge in [-0.2, -0.15) is 0 Å². The van der Waals surface area contributed by atoms with Crippen molar-refractivity contribution in [1.82, 2.24) is 9.55 Å². The Morgan fingerprint density at radius 3 is 2.43 bits per heavy atom. The van der Waals surface area contributed by atoms with E-state index in [1.54, 1.807) is 19.2 Å². The van der Waals surface area contributed by atoms with Crippen molar-refractivity contribution in [2.45, 2.75) is 25.8 Å². The number of methoxy groups -OCH3 is 1. The highest BCUT2D eigenvalue weighted by Gasteiger charge is 2.19. The number of aromatic nitrogens is 2. The normalized spacial score (nSPS) is 11.2. The predicted octanol–water partition coefficient (Wildman–Crippen LogP) is 7.27. The largest absolute Gasteiger partial charge is 0.497 e. The van der Waals surface area contributed by atoms with Crippen LogP contribution in [0, 0.1) is 0 Å². The zero-order valence-electron chi connectivity index (χ0n) is 19.7. The highest BCUT2D eigenvalue weighted by molar-refractivity contribution is 6.17. The number of carbonyl (C=O) groups excluding carboxylic acids is 1. The predicted molar refractivity (Wildman–Crippen MR) is 143 cm³/mol. The summed E-state index contributed by atoms with van der Waals surface area (Å²) in [6, 6.07) is 25.5. The van der Waals surface area contributed by atoms with E-state index in [1.165, 1.54) is 0 Å². The number of aryl methyl sites for hydroxylation is 1. The fraction of sp³-hybridized carbons (Fsp3) is 0.172. The van der Waals surface area contributed by atoms with Gasteiger partial charge in [-0.05, 0) is 60.5 Å². The van der Waals surface area contributed by atoms with Crippen LogP contribution in [-0.2, 0) is 12.4 Å². The van der Waals surface area contributed by atoms with Crippen LogP contribution in [0.5, 0.6) is 5.75 Å². The maximum Gasteiger partial charge on any atom is 0.256 e. The Hall–Kier alpha value is -3.83. The third kappa shape index (κ3) is 4.35. The number of amides is 1. The molecule has 6 heteroatoms. The number of halogens is 1. The van der Waals surface area contributed by atoms with Crippen molar-refractivity contribution < 1.29 is 9.53 Å². The summed E-state index contributed by atoms with van der Waals surface area (Å²) >= 11 is 5.89. The van der Waals surface area contributed by atoms with Gasteiger partial charge in [0.1, 0.15) is 11.6 Å². The first-order valence-electron chi connectivity index (χ1n) is 11.7. The summed E-state index contributed by atoms with van der Waals surface area (Å²) in [5.74, 6) is 1.49. The Labute approximate surface area is 209 Å². The molecule has 3 aromatic carbocycles. The minimum absolute atomic E-state index is 0.212. The van der Waals surface area contributed by atoms with Gasteiger partial charge in [0.05, 0.1) is 18.3 Å². The van der Waals surface area contributed by atoms with Gasteiger partial charge in [0.2, 0.25) is 0 Å². The number of fused-ring (bicyclic) bond motifs is 3. The Kier molecular flexibility index (Phi) is 6.43. The van der Waals surface area contributed by atoms with E-state index in [2.05, 4.69) is 35.0 Å². The number of hydrogen-bond acceptors (Lipinski definition) is 3. The number of pyridine rings is 1. The van der Waals surface area contributed by atoms with Gasteiger partial charge in [-0.1, -0.05) is 37.3 Å². The van der Waals surface area contributed by atoms with E-state index in [0.717, 1.165) is 57.3 Å². The highest BCUT2D eigenvalue weighted by atomic mass is 35.5. The number of carbonyl (C=O) groups is 1. The average molecular weight is 484 g/mol. The van der Waals surface area contributed by atoms with Gasteiger partial charge < -0.3 is 14.6 Å². The Morgan fingerprint density at radius 1 is 1.00 bits per heavy atom. The van der Waals surface area contributed by atoms with Crippen LogP contribution in [0.15, 0.2) is 78.9 Å². The molecule has 0 fully saturated rings. The van der Waals surface area contributed by atoms with Gasteiger partial charge in [-0.15, -0.1) is 11.6 Å². The van der Waals surface area contributed by atoms with E-state index in [0.29, 0.717) is 17.3 Å². The van der Waals surface area contributed by atoms with Gasteiger partial charge in [0.15, 0.2) is 0 Å². The van der Waals surface area contributed by atoms with Gasteiger partial charge in [0.25, 0.3) is 5.91 Å². The molecular formula is C29H26ClN3O2. The first-order valence-corrected chi connectivity index (χ1v) is 12.2. The number of benzene rings is 3.